The van der Waals surface area contributed by atoms with Gasteiger partial charge in [0.05, 0.1) is 12.5 Å². The summed E-state index contributed by atoms with van der Waals surface area (Å²) in [6, 6.07) is 16.9. The molecule has 26 heavy (non-hydrogen) atoms. The summed E-state index contributed by atoms with van der Waals surface area (Å²) in [5.41, 5.74) is 1.41. The van der Waals surface area contributed by atoms with Crippen LogP contribution < -0.4 is 10.1 Å². The maximum absolute atomic E-state index is 13.1. The Morgan fingerprint density at radius 3 is 2.46 bits per heavy atom. The van der Waals surface area contributed by atoms with E-state index in [2.05, 4.69) is 25.9 Å². The van der Waals surface area contributed by atoms with Gasteiger partial charge in [-0.1, -0.05) is 47.7 Å². The number of carbonyl (C=O) groups excluding carboxylic acids is 1. The van der Waals surface area contributed by atoms with Crippen molar-refractivity contribution in [3.05, 3.63) is 71.5 Å². The van der Waals surface area contributed by atoms with E-state index in [1.54, 1.807) is 7.11 Å². The first-order chi connectivity index (χ1) is 12.7. The highest BCUT2D eigenvalue weighted by Gasteiger charge is 2.51. The fraction of sp³-hybridized carbons (Fsp3) is 0.263. The molecule has 0 radical (unpaired) electrons. The van der Waals surface area contributed by atoms with E-state index in [-0.39, 0.29) is 5.91 Å². The van der Waals surface area contributed by atoms with Crippen LogP contribution in [0.5, 0.6) is 5.75 Å². The molecule has 0 spiro atoms. The first-order valence-corrected chi connectivity index (χ1v) is 8.47. The van der Waals surface area contributed by atoms with Gasteiger partial charge in [-0.05, 0) is 36.1 Å². The van der Waals surface area contributed by atoms with Crippen molar-refractivity contribution in [3.63, 3.8) is 0 Å². The molecule has 1 fully saturated rings. The second-order valence-corrected chi connectivity index (χ2v) is 6.40. The van der Waals surface area contributed by atoms with Gasteiger partial charge in [-0.3, -0.25) is 4.79 Å². The van der Waals surface area contributed by atoms with Crippen LogP contribution in [0, 0.1) is 0 Å². The van der Waals surface area contributed by atoms with E-state index < -0.39 is 11.5 Å². The van der Waals surface area contributed by atoms with Crippen LogP contribution in [0.4, 0.5) is 0 Å². The van der Waals surface area contributed by atoms with Gasteiger partial charge in [-0.2, -0.15) is 5.21 Å². The van der Waals surface area contributed by atoms with E-state index in [0.717, 1.165) is 29.7 Å². The number of nitrogens with one attached hydrogen (secondary N) is 2. The Bertz CT molecular complexity index is 874. The van der Waals surface area contributed by atoms with Gasteiger partial charge in [0, 0.05) is 0 Å². The summed E-state index contributed by atoms with van der Waals surface area (Å²) in [6.07, 6.45) is 1.64. The topological polar surface area (TPSA) is 92.8 Å². The Morgan fingerprint density at radius 1 is 1.15 bits per heavy atom. The summed E-state index contributed by atoms with van der Waals surface area (Å²) < 4.78 is 5.21. The van der Waals surface area contributed by atoms with Gasteiger partial charge in [-0.25, -0.2) is 0 Å². The highest BCUT2D eigenvalue weighted by molar-refractivity contribution is 5.91. The largest absolute Gasteiger partial charge is 0.497 e. The molecular formula is C19H19N5O2. The number of tetrazole rings is 1. The third-order valence-electron chi connectivity index (χ3n) is 4.86. The Hall–Kier alpha value is -3.22. The third kappa shape index (κ3) is 2.92. The molecule has 4 rings (SSSR count). The average molecular weight is 349 g/mol. The normalized spacial score (nSPS) is 15.9. The molecule has 1 saturated carbocycles. The number of carbonyl (C=O) groups is 1. The van der Waals surface area contributed by atoms with Crippen molar-refractivity contribution in [3.8, 4) is 5.75 Å². The molecule has 1 heterocycles. The molecule has 1 amide bonds. The quantitative estimate of drug-likeness (QED) is 0.711. The number of hydrogen-bond acceptors (Lipinski definition) is 5. The molecule has 2 aromatic carbocycles. The molecule has 1 aromatic heterocycles. The first-order valence-electron chi connectivity index (χ1n) is 8.47. The summed E-state index contributed by atoms with van der Waals surface area (Å²) in [5, 5.41) is 17.3. The van der Waals surface area contributed by atoms with Gasteiger partial charge < -0.3 is 10.1 Å². The molecule has 132 valence electrons. The van der Waals surface area contributed by atoms with Crippen LogP contribution in [0.1, 0.15) is 35.8 Å². The lowest BCUT2D eigenvalue weighted by Gasteiger charge is -2.21. The summed E-state index contributed by atoms with van der Waals surface area (Å²) in [6.45, 7) is 0. The molecule has 7 heteroatoms. The summed E-state index contributed by atoms with van der Waals surface area (Å²) >= 11 is 0. The maximum atomic E-state index is 13.1. The van der Waals surface area contributed by atoms with E-state index in [1.807, 2.05) is 54.6 Å². The minimum absolute atomic E-state index is 0.0266. The third-order valence-corrected chi connectivity index (χ3v) is 4.86. The van der Waals surface area contributed by atoms with Crippen molar-refractivity contribution in [1.82, 2.24) is 25.9 Å². The highest BCUT2D eigenvalue weighted by Crippen LogP contribution is 2.49. The Kier molecular flexibility index (Phi) is 4.12. The molecule has 3 aromatic rings. The van der Waals surface area contributed by atoms with Crippen molar-refractivity contribution in [2.45, 2.75) is 24.3 Å². The highest BCUT2D eigenvalue weighted by atomic mass is 16.5. The zero-order valence-electron chi connectivity index (χ0n) is 14.3. The van der Waals surface area contributed by atoms with Gasteiger partial charge >= 0.3 is 0 Å². The molecular weight excluding hydrogens is 330 g/mol. The number of aromatic amines is 1. The van der Waals surface area contributed by atoms with Crippen LogP contribution in [0.15, 0.2) is 54.6 Å². The second kappa shape index (κ2) is 6.59. The number of ether oxygens (including phenoxy) is 1. The fourth-order valence-electron chi connectivity index (χ4n) is 3.19. The van der Waals surface area contributed by atoms with Gasteiger partial charge in [0.15, 0.2) is 0 Å². The molecule has 2 N–H and O–H groups in total. The van der Waals surface area contributed by atoms with Crippen molar-refractivity contribution < 1.29 is 9.53 Å². The van der Waals surface area contributed by atoms with E-state index in [1.165, 1.54) is 0 Å². The molecule has 1 aliphatic rings. The summed E-state index contributed by atoms with van der Waals surface area (Å²) in [4.78, 5) is 13.1. The minimum atomic E-state index is -0.497. The van der Waals surface area contributed by atoms with Crippen LogP contribution in [-0.4, -0.2) is 33.6 Å². The van der Waals surface area contributed by atoms with E-state index >= 15 is 0 Å². The lowest BCUT2D eigenvalue weighted by atomic mass is 9.94. The summed E-state index contributed by atoms with van der Waals surface area (Å²) in [5.74, 6) is 1.19. The van der Waals surface area contributed by atoms with Crippen molar-refractivity contribution >= 4 is 5.91 Å². The van der Waals surface area contributed by atoms with E-state index in [4.69, 9.17) is 4.74 Å². The van der Waals surface area contributed by atoms with Crippen LogP contribution in [0.2, 0.25) is 0 Å². The number of hydrogen-bond donors (Lipinski definition) is 2. The monoisotopic (exact) mass is 349 g/mol. The maximum Gasteiger partial charge on any atom is 0.231 e. The molecule has 1 aliphatic carbocycles. The van der Waals surface area contributed by atoms with Gasteiger partial charge in [0.1, 0.15) is 11.8 Å². The SMILES string of the molecule is COc1ccc(C2(C(=O)NC(c3ccccc3)c3nn[nH]n3)CC2)cc1. The Morgan fingerprint density at radius 2 is 1.88 bits per heavy atom. The van der Waals surface area contributed by atoms with Crippen LogP contribution >= 0.6 is 0 Å². The van der Waals surface area contributed by atoms with Crippen molar-refractivity contribution in [1.29, 1.82) is 0 Å². The molecule has 7 nitrogen and oxygen atoms in total. The predicted octanol–water partition coefficient (Wildman–Crippen LogP) is 2.15. The van der Waals surface area contributed by atoms with E-state index in [0.29, 0.717) is 5.82 Å². The van der Waals surface area contributed by atoms with Crippen molar-refractivity contribution in [2.24, 2.45) is 0 Å². The van der Waals surface area contributed by atoms with Gasteiger partial charge in [0.2, 0.25) is 11.7 Å². The summed E-state index contributed by atoms with van der Waals surface area (Å²) in [7, 11) is 1.63. The van der Waals surface area contributed by atoms with Crippen LogP contribution in [0.25, 0.3) is 0 Å². The number of H-pyrrole nitrogens is 1. The van der Waals surface area contributed by atoms with Crippen LogP contribution in [-0.2, 0) is 10.2 Å². The molecule has 0 bridgehead atoms. The predicted molar refractivity (Wildman–Crippen MR) is 94.5 cm³/mol. The van der Waals surface area contributed by atoms with Gasteiger partial charge in [0.25, 0.3) is 0 Å². The number of rotatable bonds is 6. The lowest BCUT2D eigenvalue weighted by Crippen LogP contribution is -2.38. The zero-order valence-corrected chi connectivity index (χ0v) is 14.3. The van der Waals surface area contributed by atoms with Gasteiger partial charge in [-0.15, -0.1) is 10.2 Å². The number of methoxy groups -OCH3 is 1. The standard InChI is InChI=1S/C19H19N5O2/c1-26-15-9-7-14(8-10-15)19(11-12-19)18(25)20-16(17-21-23-24-22-17)13-5-3-2-4-6-13/h2-10,16H,11-12H2,1H3,(H,20,25)(H,21,22,23,24). The molecule has 0 saturated heterocycles. The first kappa shape index (κ1) is 16.3. The van der Waals surface area contributed by atoms with Crippen LogP contribution in [0.3, 0.4) is 0 Å². The number of nitrogens with zero attached hydrogens (tertiary/aromatic N) is 3. The minimum Gasteiger partial charge on any atom is -0.497 e. The fourth-order valence-corrected chi connectivity index (χ4v) is 3.19. The molecule has 1 atom stereocenters. The lowest BCUT2D eigenvalue weighted by molar-refractivity contribution is -0.124. The van der Waals surface area contributed by atoms with Crippen molar-refractivity contribution in [2.75, 3.05) is 7.11 Å². The Labute approximate surface area is 150 Å². The second-order valence-electron chi connectivity index (χ2n) is 6.40. The average Bonchev–Trinajstić information content (AvgIpc) is 3.34. The van der Waals surface area contributed by atoms with E-state index in [9.17, 15) is 4.79 Å². The Balaban J connectivity index is 1.60. The number of aromatic nitrogens is 4. The molecule has 0 aliphatic heterocycles. The smallest absolute Gasteiger partial charge is 0.231 e. The molecule has 1 unspecified atom stereocenters. The number of benzene rings is 2. The zero-order chi connectivity index (χ0) is 18.0. The number of amides is 1.